The van der Waals surface area contributed by atoms with Gasteiger partial charge in [0.2, 0.25) is 0 Å². The van der Waals surface area contributed by atoms with Crippen molar-refractivity contribution < 1.29 is 4.42 Å². The van der Waals surface area contributed by atoms with Crippen molar-refractivity contribution in [3.63, 3.8) is 0 Å². The molecule has 0 radical (unpaired) electrons. The molecule has 0 aromatic carbocycles. The molecule has 3 rings (SSSR count). The number of furan rings is 1. The van der Waals surface area contributed by atoms with Gasteiger partial charge in [0.15, 0.2) is 0 Å². The predicted octanol–water partition coefficient (Wildman–Crippen LogP) is 2.06. The number of hydrogen-bond donors (Lipinski definition) is 1. The number of piperazine rings is 1. The van der Waals surface area contributed by atoms with Gasteiger partial charge in [0.25, 0.3) is 0 Å². The van der Waals surface area contributed by atoms with Gasteiger partial charge in [0, 0.05) is 32.2 Å². The standard InChI is InChI=1S/C16H27N3O/c1-17-12-15-6-7-16(20-15)13-18-8-10-19(11-9-18)14-4-2-3-5-14/h6-7,14,17H,2-5,8-13H2,1H3. The third-order valence-corrected chi connectivity index (χ3v) is 4.70. The molecular formula is C16H27N3O. The maximum atomic E-state index is 5.84. The van der Waals surface area contributed by atoms with Crippen LogP contribution in [0.4, 0.5) is 0 Å². The van der Waals surface area contributed by atoms with Gasteiger partial charge < -0.3 is 9.73 Å². The lowest BCUT2D eigenvalue weighted by Gasteiger charge is -2.37. The van der Waals surface area contributed by atoms with Crippen molar-refractivity contribution in [1.82, 2.24) is 15.1 Å². The van der Waals surface area contributed by atoms with Crippen LogP contribution in [0.25, 0.3) is 0 Å². The van der Waals surface area contributed by atoms with Crippen molar-refractivity contribution in [2.75, 3.05) is 33.2 Å². The third kappa shape index (κ3) is 3.43. The summed E-state index contributed by atoms with van der Waals surface area (Å²) in [6.07, 6.45) is 5.72. The first-order chi connectivity index (χ1) is 9.85. The van der Waals surface area contributed by atoms with E-state index in [1.807, 2.05) is 7.05 Å². The Kier molecular flexibility index (Phi) is 4.76. The molecule has 2 fully saturated rings. The normalized spacial score (nSPS) is 22.6. The van der Waals surface area contributed by atoms with Crippen LogP contribution in [0.1, 0.15) is 37.2 Å². The number of nitrogens with zero attached hydrogens (tertiary/aromatic N) is 2. The zero-order chi connectivity index (χ0) is 13.8. The van der Waals surface area contributed by atoms with Gasteiger partial charge in [-0.1, -0.05) is 12.8 Å². The Morgan fingerprint density at radius 2 is 1.80 bits per heavy atom. The Hall–Kier alpha value is -0.840. The fourth-order valence-corrected chi connectivity index (χ4v) is 3.55. The topological polar surface area (TPSA) is 31.6 Å². The third-order valence-electron chi connectivity index (χ3n) is 4.70. The van der Waals surface area contributed by atoms with Crippen LogP contribution in [0.5, 0.6) is 0 Å². The van der Waals surface area contributed by atoms with E-state index in [9.17, 15) is 0 Å². The van der Waals surface area contributed by atoms with Crippen LogP contribution in [0, 0.1) is 0 Å². The minimum absolute atomic E-state index is 0.815. The van der Waals surface area contributed by atoms with Gasteiger partial charge in [0.1, 0.15) is 11.5 Å². The molecule has 1 aromatic heterocycles. The largest absolute Gasteiger partial charge is 0.463 e. The van der Waals surface area contributed by atoms with Crippen molar-refractivity contribution in [2.24, 2.45) is 0 Å². The molecule has 1 aromatic rings. The number of rotatable bonds is 5. The first-order valence-electron chi connectivity index (χ1n) is 8.04. The molecule has 20 heavy (non-hydrogen) atoms. The predicted molar refractivity (Wildman–Crippen MR) is 80.6 cm³/mol. The summed E-state index contributed by atoms with van der Waals surface area (Å²) in [5, 5.41) is 3.12. The second-order valence-corrected chi connectivity index (χ2v) is 6.15. The summed E-state index contributed by atoms with van der Waals surface area (Å²) < 4.78 is 5.84. The van der Waals surface area contributed by atoms with E-state index >= 15 is 0 Å². The second-order valence-electron chi connectivity index (χ2n) is 6.15. The fourth-order valence-electron chi connectivity index (χ4n) is 3.55. The molecule has 0 spiro atoms. The van der Waals surface area contributed by atoms with Crippen molar-refractivity contribution in [3.05, 3.63) is 23.7 Å². The number of nitrogens with one attached hydrogen (secondary N) is 1. The highest BCUT2D eigenvalue weighted by Gasteiger charge is 2.26. The van der Waals surface area contributed by atoms with Gasteiger partial charge in [-0.3, -0.25) is 9.80 Å². The summed E-state index contributed by atoms with van der Waals surface area (Å²) in [6, 6.07) is 5.08. The lowest BCUT2D eigenvalue weighted by atomic mass is 10.2. The van der Waals surface area contributed by atoms with E-state index in [2.05, 4.69) is 27.2 Å². The van der Waals surface area contributed by atoms with Crippen LogP contribution < -0.4 is 5.32 Å². The lowest BCUT2D eigenvalue weighted by molar-refractivity contribution is 0.0891. The Labute approximate surface area is 122 Å². The summed E-state index contributed by atoms with van der Waals surface area (Å²) >= 11 is 0. The molecular weight excluding hydrogens is 250 g/mol. The average molecular weight is 277 g/mol. The summed E-state index contributed by atoms with van der Waals surface area (Å²) in [5.74, 6) is 2.14. The van der Waals surface area contributed by atoms with E-state index in [1.165, 1.54) is 51.9 Å². The molecule has 0 unspecified atom stereocenters. The summed E-state index contributed by atoms with van der Waals surface area (Å²) in [4.78, 5) is 5.23. The highest BCUT2D eigenvalue weighted by molar-refractivity contribution is 5.07. The molecule has 1 saturated carbocycles. The van der Waals surface area contributed by atoms with E-state index in [0.29, 0.717) is 0 Å². The minimum Gasteiger partial charge on any atom is -0.463 e. The molecule has 1 aliphatic heterocycles. The molecule has 112 valence electrons. The van der Waals surface area contributed by atoms with Crippen molar-refractivity contribution in [2.45, 2.75) is 44.8 Å². The van der Waals surface area contributed by atoms with Crippen LogP contribution in [-0.2, 0) is 13.1 Å². The zero-order valence-electron chi connectivity index (χ0n) is 12.6. The van der Waals surface area contributed by atoms with E-state index < -0.39 is 0 Å². The Morgan fingerprint density at radius 3 is 2.50 bits per heavy atom. The Morgan fingerprint density at radius 1 is 1.10 bits per heavy atom. The van der Waals surface area contributed by atoms with Crippen molar-refractivity contribution >= 4 is 0 Å². The first-order valence-corrected chi connectivity index (χ1v) is 8.04. The summed E-state index contributed by atoms with van der Waals surface area (Å²) in [6.45, 7) is 6.60. The quantitative estimate of drug-likeness (QED) is 0.893. The second kappa shape index (κ2) is 6.74. The van der Waals surface area contributed by atoms with Crippen LogP contribution in [0.3, 0.4) is 0 Å². The molecule has 1 N–H and O–H groups in total. The highest BCUT2D eigenvalue weighted by Crippen LogP contribution is 2.24. The van der Waals surface area contributed by atoms with Crippen molar-refractivity contribution in [1.29, 1.82) is 0 Å². The van der Waals surface area contributed by atoms with Gasteiger partial charge in [-0.05, 0) is 32.0 Å². The van der Waals surface area contributed by atoms with Crippen LogP contribution >= 0.6 is 0 Å². The van der Waals surface area contributed by atoms with Crippen LogP contribution in [0.2, 0.25) is 0 Å². The molecule has 1 aliphatic carbocycles. The van der Waals surface area contributed by atoms with Crippen LogP contribution in [0.15, 0.2) is 16.5 Å². The SMILES string of the molecule is CNCc1ccc(CN2CCN(C3CCCC3)CC2)o1. The molecule has 1 saturated heterocycles. The molecule has 0 bridgehead atoms. The summed E-state index contributed by atoms with van der Waals surface area (Å²) in [7, 11) is 1.95. The minimum atomic E-state index is 0.815. The van der Waals surface area contributed by atoms with E-state index in [0.717, 1.165) is 30.7 Å². The Balaban J connectivity index is 1.45. The molecule has 0 atom stereocenters. The zero-order valence-corrected chi connectivity index (χ0v) is 12.6. The Bertz CT molecular complexity index is 404. The highest BCUT2D eigenvalue weighted by atomic mass is 16.3. The smallest absolute Gasteiger partial charge is 0.118 e. The van der Waals surface area contributed by atoms with Crippen molar-refractivity contribution in [3.8, 4) is 0 Å². The first kappa shape index (κ1) is 14.1. The molecule has 4 nitrogen and oxygen atoms in total. The monoisotopic (exact) mass is 277 g/mol. The van der Waals surface area contributed by atoms with Crippen LogP contribution in [-0.4, -0.2) is 49.1 Å². The maximum Gasteiger partial charge on any atom is 0.118 e. The molecule has 2 aliphatic rings. The number of hydrogen-bond acceptors (Lipinski definition) is 4. The van der Waals surface area contributed by atoms with E-state index in [-0.39, 0.29) is 0 Å². The van der Waals surface area contributed by atoms with Gasteiger partial charge in [-0.25, -0.2) is 0 Å². The lowest BCUT2D eigenvalue weighted by Crippen LogP contribution is -2.49. The molecule has 0 amide bonds. The summed E-state index contributed by atoms with van der Waals surface area (Å²) in [5.41, 5.74) is 0. The average Bonchev–Trinajstić information content (AvgIpc) is 3.12. The van der Waals surface area contributed by atoms with E-state index in [1.54, 1.807) is 0 Å². The van der Waals surface area contributed by atoms with Gasteiger partial charge in [-0.15, -0.1) is 0 Å². The van der Waals surface area contributed by atoms with Gasteiger partial charge >= 0.3 is 0 Å². The maximum absolute atomic E-state index is 5.84. The fraction of sp³-hybridized carbons (Fsp3) is 0.750. The van der Waals surface area contributed by atoms with Gasteiger partial charge in [0.05, 0.1) is 13.1 Å². The molecule has 2 heterocycles. The van der Waals surface area contributed by atoms with E-state index in [4.69, 9.17) is 4.42 Å². The van der Waals surface area contributed by atoms with Gasteiger partial charge in [-0.2, -0.15) is 0 Å². The molecule has 4 heteroatoms.